The van der Waals surface area contributed by atoms with E-state index in [-0.39, 0.29) is 37.2 Å². The smallest absolute Gasteiger partial charge is 0.264 e. The number of benzene rings is 6. The van der Waals surface area contributed by atoms with Crippen LogP contribution in [-0.4, -0.2) is 114 Å². The minimum atomic E-state index is -3.64. The van der Waals surface area contributed by atoms with Crippen LogP contribution in [0.3, 0.4) is 0 Å². The summed E-state index contributed by atoms with van der Waals surface area (Å²) in [6.07, 6.45) is 8.84. The lowest BCUT2D eigenvalue weighted by Crippen LogP contribution is -2.26. The van der Waals surface area contributed by atoms with E-state index < -0.39 is 30.1 Å². The van der Waals surface area contributed by atoms with Crippen molar-refractivity contribution in [1.29, 1.82) is 0 Å². The number of thioether (sulfide) groups is 1. The summed E-state index contributed by atoms with van der Waals surface area (Å²) in [6.45, 7) is 8.45. The van der Waals surface area contributed by atoms with E-state index in [0.717, 1.165) is 120 Å². The van der Waals surface area contributed by atoms with Crippen LogP contribution in [0, 0.1) is 20.8 Å². The molecular formula is C62H81N7O9S4. The van der Waals surface area contributed by atoms with Gasteiger partial charge in [-0.3, -0.25) is 17.7 Å². The van der Waals surface area contributed by atoms with Crippen LogP contribution < -0.4 is 34.2 Å². The Labute approximate surface area is 491 Å². The molecule has 3 aliphatic heterocycles. The molecule has 3 aliphatic rings. The number of aliphatic hydroxyl groups is 2. The quantitative estimate of drug-likeness (QED) is 0.0394. The molecule has 0 aromatic heterocycles. The molecule has 3 unspecified atom stereocenters. The average Bonchev–Trinajstić information content (AvgIpc) is 2.57. The fourth-order valence-corrected chi connectivity index (χ4v) is 15.6. The molecule has 0 saturated carbocycles. The second-order valence-corrected chi connectivity index (χ2v) is 27.7. The van der Waals surface area contributed by atoms with E-state index in [1.807, 2.05) is 142 Å². The van der Waals surface area contributed by atoms with Gasteiger partial charge in [0.05, 0.1) is 56.5 Å². The SMILES string of the molecule is CSCCCNC1c2ccccc2N(C)S(=O)(=O)c2cc(C)ccc21.Cc1ccc2c(c1)S(=O)(=O)N(C)c1ccccc1C2NCCCCCCC(=O)NCCO.Cc1ccc2c(c1)S(=O)(=O)N(C)c1ccccc1C2NCCCCO. The van der Waals surface area contributed by atoms with Crippen LogP contribution in [0.4, 0.5) is 17.1 Å². The number of hydrogen-bond acceptors (Lipinski definition) is 13. The number of nitrogens with one attached hydrogen (secondary N) is 4. The van der Waals surface area contributed by atoms with Gasteiger partial charge < -0.3 is 31.5 Å². The molecule has 16 nitrogen and oxygen atoms in total. The van der Waals surface area contributed by atoms with E-state index in [1.165, 1.54) is 12.9 Å². The fourth-order valence-electron chi connectivity index (χ4n) is 10.6. The summed E-state index contributed by atoms with van der Waals surface area (Å²) in [4.78, 5) is 12.7. The Morgan fingerprint density at radius 3 is 1.17 bits per heavy atom. The topological polar surface area (TPSA) is 218 Å². The molecule has 0 bridgehead atoms. The minimum Gasteiger partial charge on any atom is -0.396 e. The first kappa shape index (κ1) is 63.8. The third kappa shape index (κ3) is 14.7. The number of hydrogen-bond donors (Lipinski definition) is 6. The van der Waals surface area contributed by atoms with Crippen molar-refractivity contribution in [1.82, 2.24) is 21.3 Å². The minimum absolute atomic E-state index is 0.0236. The third-order valence-electron chi connectivity index (χ3n) is 15.0. The third-order valence-corrected chi connectivity index (χ3v) is 21.2. The Morgan fingerprint density at radius 1 is 0.451 bits per heavy atom. The van der Waals surface area contributed by atoms with E-state index in [1.54, 1.807) is 39.3 Å². The number of amides is 1. The highest BCUT2D eigenvalue weighted by molar-refractivity contribution is 7.98. The van der Waals surface area contributed by atoms with Crippen molar-refractivity contribution in [3.63, 3.8) is 0 Å². The largest absolute Gasteiger partial charge is 0.396 e. The molecule has 6 N–H and O–H groups in total. The maximum absolute atomic E-state index is 13.3. The lowest BCUT2D eigenvalue weighted by molar-refractivity contribution is -0.121. The van der Waals surface area contributed by atoms with Crippen molar-refractivity contribution in [3.8, 4) is 0 Å². The number of sulfonamides is 3. The predicted molar refractivity (Wildman–Crippen MR) is 332 cm³/mol. The average molecular weight is 1200 g/mol. The number of aryl methyl sites for hydroxylation is 3. The molecule has 6 aromatic rings. The number of carbonyl (C=O) groups excluding carboxylic acids is 1. The maximum atomic E-state index is 13.3. The number of nitrogens with zero attached hydrogens (tertiary/aromatic N) is 3. The van der Waals surface area contributed by atoms with Gasteiger partial charge >= 0.3 is 0 Å². The molecule has 20 heteroatoms. The van der Waals surface area contributed by atoms with Crippen LogP contribution in [0.2, 0.25) is 0 Å². The van der Waals surface area contributed by atoms with Gasteiger partial charge in [-0.15, -0.1) is 0 Å². The normalized spacial score (nSPS) is 17.7. The zero-order valence-corrected chi connectivity index (χ0v) is 51.5. The van der Waals surface area contributed by atoms with E-state index in [4.69, 9.17) is 10.2 Å². The number of aliphatic hydroxyl groups excluding tert-OH is 2. The number of para-hydroxylation sites is 3. The molecule has 1 amide bonds. The Bertz CT molecular complexity index is 3350. The first-order valence-corrected chi connectivity index (χ1v) is 33.7. The standard InChI is InChI=1S/C24H33N3O4S.C19H24N2O3S.C19H24N2O2S2/c1-18-12-13-20-22(17-18)32(30,31)27(2)21-10-7-6-9-19(21)24(20)26-14-8-4-3-5-11-23(29)25-15-16-28;1-14-9-10-16-18(13-14)25(23,24)21(2)17-8-4-3-7-15(17)19(16)20-11-5-6-12-22;1-14-9-10-16-18(13-14)25(22,23)21(2)17-8-5-4-7-15(17)19(16)20-11-6-12-24-3/h6-7,9-10,12-13,17,24,26,28H,3-5,8,11,14-16H2,1-2H3,(H,25,29);3-4,7-10,13,19-20,22H,5-6,11-12H2,1-2H3;4-5,7-10,13,19-20H,6,11-12H2,1-3H3. The molecule has 82 heavy (non-hydrogen) atoms. The molecule has 0 saturated heterocycles. The van der Waals surface area contributed by atoms with E-state index in [2.05, 4.69) is 27.5 Å². The molecule has 3 heterocycles. The summed E-state index contributed by atoms with van der Waals surface area (Å²) in [5.41, 5.74) is 10.1. The molecule has 0 fully saturated rings. The molecule has 0 spiro atoms. The summed E-state index contributed by atoms with van der Waals surface area (Å²) in [5.74, 6) is 1.06. The van der Waals surface area contributed by atoms with Gasteiger partial charge in [-0.2, -0.15) is 11.8 Å². The second kappa shape index (κ2) is 29.1. The highest BCUT2D eigenvalue weighted by Gasteiger charge is 2.37. The first-order valence-electron chi connectivity index (χ1n) is 28.0. The van der Waals surface area contributed by atoms with Crippen molar-refractivity contribution in [3.05, 3.63) is 177 Å². The molecule has 3 atom stereocenters. The van der Waals surface area contributed by atoms with Crippen LogP contribution in [0.15, 0.2) is 142 Å². The zero-order valence-electron chi connectivity index (χ0n) is 48.2. The van der Waals surface area contributed by atoms with Gasteiger partial charge in [-0.05, 0) is 171 Å². The molecule has 0 aliphatic carbocycles. The Morgan fingerprint density at radius 2 is 0.805 bits per heavy atom. The molecule has 0 radical (unpaired) electrons. The van der Waals surface area contributed by atoms with Gasteiger partial charge in [0.25, 0.3) is 30.1 Å². The number of fused-ring (bicyclic) bond motifs is 6. The fraction of sp³-hybridized carbons (Fsp3) is 0.403. The van der Waals surface area contributed by atoms with Gasteiger partial charge in [0.2, 0.25) is 5.91 Å². The zero-order chi connectivity index (χ0) is 59.2. The summed E-state index contributed by atoms with van der Waals surface area (Å²) in [7, 11) is -5.97. The number of unbranched alkanes of at least 4 members (excludes halogenated alkanes) is 4. The number of anilines is 3. The van der Waals surface area contributed by atoms with E-state index >= 15 is 0 Å². The van der Waals surface area contributed by atoms with Crippen LogP contribution in [-0.2, 0) is 34.9 Å². The van der Waals surface area contributed by atoms with Crippen molar-refractivity contribution in [2.45, 2.75) is 105 Å². The molecule has 9 rings (SSSR count). The van der Waals surface area contributed by atoms with Crippen LogP contribution in [0.1, 0.15) is 120 Å². The Hall–Kier alpha value is -5.81. The van der Waals surface area contributed by atoms with Crippen molar-refractivity contribution in [2.75, 3.05) is 85.5 Å². The number of carbonyl (C=O) groups is 1. The molecular weight excluding hydrogens is 1110 g/mol. The number of rotatable bonds is 20. The van der Waals surface area contributed by atoms with Gasteiger partial charge in [0, 0.05) is 40.7 Å². The van der Waals surface area contributed by atoms with Crippen molar-refractivity contribution < 1.29 is 40.3 Å². The monoisotopic (exact) mass is 1200 g/mol. The lowest BCUT2D eigenvalue weighted by atomic mass is 9.96. The molecule has 6 aromatic carbocycles. The van der Waals surface area contributed by atoms with Crippen LogP contribution in [0.5, 0.6) is 0 Å². The van der Waals surface area contributed by atoms with Gasteiger partial charge in [-0.1, -0.05) is 104 Å². The van der Waals surface area contributed by atoms with E-state index in [0.29, 0.717) is 45.6 Å². The van der Waals surface area contributed by atoms with Crippen molar-refractivity contribution >= 4 is 64.8 Å². The summed E-state index contributed by atoms with van der Waals surface area (Å²) >= 11 is 1.82. The summed E-state index contributed by atoms with van der Waals surface area (Å²) in [5, 5.41) is 31.0. The van der Waals surface area contributed by atoms with Crippen LogP contribution >= 0.6 is 11.8 Å². The Kier molecular flexibility index (Phi) is 22.7. The first-order chi connectivity index (χ1) is 39.3. The Balaban J connectivity index is 0.000000179. The summed E-state index contributed by atoms with van der Waals surface area (Å²) in [6, 6.07) is 39.4. The van der Waals surface area contributed by atoms with Gasteiger partial charge in [-0.25, -0.2) is 25.3 Å². The lowest BCUT2D eigenvalue weighted by Gasteiger charge is -2.22. The van der Waals surface area contributed by atoms with Gasteiger partial charge in [0.15, 0.2) is 0 Å². The summed E-state index contributed by atoms with van der Waals surface area (Å²) < 4.78 is 83.3. The maximum Gasteiger partial charge on any atom is 0.264 e. The van der Waals surface area contributed by atoms with Crippen LogP contribution in [0.25, 0.3) is 0 Å². The van der Waals surface area contributed by atoms with E-state index in [9.17, 15) is 30.0 Å². The highest BCUT2D eigenvalue weighted by Crippen LogP contribution is 2.43. The van der Waals surface area contributed by atoms with Crippen molar-refractivity contribution in [2.24, 2.45) is 0 Å². The molecule has 442 valence electrons. The highest BCUT2D eigenvalue weighted by atomic mass is 32.2. The second-order valence-electron chi connectivity index (χ2n) is 20.9. The van der Waals surface area contributed by atoms with Gasteiger partial charge in [0.1, 0.15) is 0 Å². The predicted octanol–water partition coefficient (Wildman–Crippen LogP) is 9.02.